The number of thiophene rings is 2. The number of unbranched alkanes of at least 4 members (excludes halogenated alkanes) is 2. The van der Waals surface area contributed by atoms with Crippen LogP contribution in [0.15, 0.2) is 132 Å². The van der Waals surface area contributed by atoms with Crippen LogP contribution in [0.3, 0.4) is 0 Å². The Balaban J connectivity index is 1.11. The molecule has 8 rings (SSSR count). The predicted octanol–water partition coefficient (Wildman–Crippen LogP) is 13.5. The summed E-state index contributed by atoms with van der Waals surface area (Å²) in [5.41, 5.74) is 15.2. The molecular formula is C46H40N2S2. The molecule has 246 valence electrons. The molecule has 0 atom stereocenters. The summed E-state index contributed by atoms with van der Waals surface area (Å²) in [5, 5.41) is 10.1. The first-order valence-electron chi connectivity index (χ1n) is 17.9. The first-order valence-corrected chi connectivity index (χ1v) is 19.5. The minimum absolute atomic E-state index is 0.920. The molecule has 6 aromatic rings. The maximum Gasteiger partial charge on any atom is 0.0802 e. The van der Waals surface area contributed by atoms with Crippen LogP contribution in [0.1, 0.15) is 94.1 Å². The molecule has 0 spiro atoms. The van der Waals surface area contributed by atoms with Crippen molar-refractivity contribution < 1.29 is 0 Å². The molecule has 2 aliphatic carbocycles. The second kappa shape index (κ2) is 14.5. The summed E-state index contributed by atoms with van der Waals surface area (Å²) in [6, 6.07) is 44.0. The molecule has 0 unspecified atom stereocenters. The summed E-state index contributed by atoms with van der Waals surface area (Å²) in [4.78, 5) is 4.90. The third-order valence-corrected chi connectivity index (χ3v) is 11.8. The van der Waals surface area contributed by atoms with Crippen LogP contribution in [0.2, 0.25) is 0 Å². The lowest BCUT2D eigenvalue weighted by Gasteiger charge is -2.05. The molecule has 4 aromatic carbocycles. The van der Waals surface area contributed by atoms with Gasteiger partial charge in [0.05, 0.1) is 21.2 Å². The Morgan fingerprint density at radius 3 is 1.08 bits per heavy atom. The molecule has 0 saturated carbocycles. The van der Waals surface area contributed by atoms with Gasteiger partial charge >= 0.3 is 0 Å². The van der Waals surface area contributed by atoms with Gasteiger partial charge in [0.2, 0.25) is 0 Å². The third kappa shape index (κ3) is 6.30. The van der Waals surface area contributed by atoms with E-state index in [9.17, 15) is 0 Å². The molecule has 0 N–H and O–H groups in total. The summed E-state index contributed by atoms with van der Waals surface area (Å²) in [6.07, 6.45) is 11.0. The standard InChI is InChI=1S/C46H40N2S2/c1-3-5-23-43(45-27-25-31(49-45)29-41-37-19-11-7-15-33(37)34-16-8-12-20-38(34)41)47-48-44(24-6-4-2)46-28-26-32(50-46)30-42-39-21-13-9-17-35(39)36-18-10-14-22-40(36)42/h7-22,25-30H,3-6,23-24H2,1-2H3/b47-43+,48-44+. The quantitative estimate of drug-likeness (QED) is 0.0957. The number of fused-ring (bicyclic) bond motifs is 6. The van der Waals surface area contributed by atoms with Crippen molar-refractivity contribution in [2.45, 2.75) is 52.4 Å². The molecule has 2 nitrogen and oxygen atoms in total. The van der Waals surface area contributed by atoms with Gasteiger partial charge in [0.25, 0.3) is 0 Å². The largest absolute Gasteiger partial charge is 0.154 e. The van der Waals surface area contributed by atoms with Crippen molar-refractivity contribution in [2.75, 3.05) is 0 Å². The van der Waals surface area contributed by atoms with Gasteiger partial charge in [-0.05, 0) is 118 Å². The lowest BCUT2D eigenvalue weighted by molar-refractivity contribution is 0.827. The summed E-state index contributed by atoms with van der Waals surface area (Å²) >= 11 is 3.64. The van der Waals surface area contributed by atoms with Gasteiger partial charge in [-0.3, -0.25) is 0 Å². The van der Waals surface area contributed by atoms with Gasteiger partial charge in [-0.2, -0.15) is 10.2 Å². The van der Waals surface area contributed by atoms with Gasteiger partial charge in [0.1, 0.15) is 0 Å². The minimum atomic E-state index is 0.920. The average Bonchev–Trinajstić information content (AvgIpc) is 3.96. The first-order chi connectivity index (χ1) is 24.7. The molecule has 0 saturated heterocycles. The highest BCUT2D eigenvalue weighted by molar-refractivity contribution is 7.15. The summed E-state index contributed by atoms with van der Waals surface area (Å²) in [6.45, 7) is 4.49. The molecular weight excluding hydrogens is 645 g/mol. The summed E-state index contributed by atoms with van der Waals surface area (Å²) in [7, 11) is 0. The van der Waals surface area contributed by atoms with Gasteiger partial charge in [-0.1, -0.05) is 124 Å². The Kier molecular flexibility index (Phi) is 9.39. The highest BCUT2D eigenvalue weighted by Crippen LogP contribution is 2.46. The molecule has 2 aromatic heterocycles. The number of hydrogen-bond acceptors (Lipinski definition) is 4. The number of benzene rings is 4. The third-order valence-electron chi connectivity index (χ3n) is 9.67. The monoisotopic (exact) mass is 684 g/mol. The van der Waals surface area contributed by atoms with Gasteiger partial charge in [-0.15, -0.1) is 22.7 Å². The number of hydrogen-bond donors (Lipinski definition) is 0. The Morgan fingerprint density at radius 1 is 0.440 bits per heavy atom. The fourth-order valence-electron chi connectivity index (χ4n) is 7.12. The molecule has 0 amide bonds. The van der Waals surface area contributed by atoms with Crippen LogP contribution >= 0.6 is 22.7 Å². The normalized spacial score (nSPS) is 13.2. The van der Waals surface area contributed by atoms with Gasteiger partial charge in [0, 0.05) is 9.75 Å². The molecule has 0 aliphatic heterocycles. The van der Waals surface area contributed by atoms with E-state index in [1.165, 1.54) is 75.2 Å². The van der Waals surface area contributed by atoms with E-state index in [0.29, 0.717) is 0 Å². The lowest BCUT2D eigenvalue weighted by Crippen LogP contribution is -2.01. The highest BCUT2D eigenvalue weighted by atomic mass is 32.1. The molecule has 50 heavy (non-hydrogen) atoms. The molecule has 4 heteroatoms. The Bertz CT molecular complexity index is 2050. The maximum atomic E-state index is 5.04. The van der Waals surface area contributed by atoms with E-state index in [2.05, 4.69) is 147 Å². The Hall–Kier alpha value is -4.90. The van der Waals surface area contributed by atoms with Crippen molar-refractivity contribution in [2.24, 2.45) is 10.2 Å². The van der Waals surface area contributed by atoms with E-state index in [-0.39, 0.29) is 0 Å². The zero-order valence-corrected chi connectivity index (χ0v) is 30.3. The van der Waals surface area contributed by atoms with E-state index in [0.717, 1.165) is 49.9 Å². The van der Waals surface area contributed by atoms with Crippen LogP contribution in [-0.4, -0.2) is 11.4 Å². The van der Waals surface area contributed by atoms with Gasteiger partial charge in [-0.25, -0.2) is 0 Å². The fraction of sp³-hybridized carbons (Fsp3) is 0.174. The molecule has 2 heterocycles. The van der Waals surface area contributed by atoms with Crippen LogP contribution < -0.4 is 0 Å². The van der Waals surface area contributed by atoms with Crippen molar-refractivity contribution in [3.05, 3.63) is 163 Å². The van der Waals surface area contributed by atoms with E-state index in [1.807, 2.05) is 22.7 Å². The second-order valence-corrected chi connectivity index (χ2v) is 15.2. The zero-order valence-electron chi connectivity index (χ0n) is 28.7. The van der Waals surface area contributed by atoms with E-state index in [4.69, 9.17) is 10.2 Å². The van der Waals surface area contributed by atoms with Crippen LogP contribution in [0.4, 0.5) is 0 Å². The lowest BCUT2D eigenvalue weighted by atomic mass is 10.0. The molecule has 0 radical (unpaired) electrons. The van der Waals surface area contributed by atoms with Gasteiger partial charge < -0.3 is 0 Å². The molecule has 0 fully saturated rings. The SMILES string of the molecule is CCCC/C(=N\N=C(/CCCC)c1ccc(C=C2c3ccccc3-c3ccccc32)s1)c1ccc(C=C2c3ccccc3-c3ccccc32)s1. The van der Waals surface area contributed by atoms with Crippen molar-refractivity contribution in [1.82, 2.24) is 0 Å². The Labute approximate surface area is 303 Å². The topological polar surface area (TPSA) is 24.7 Å². The van der Waals surface area contributed by atoms with Crippen LogP contribution in [0.5, 0.6) is 0 Å². The van der Waals surface area contributed by atoms with Crippen LogP contribution in [-0.2, 0) is 0 Å². The fourth-order valence-corrected chi connectivity index (χ4v) is 9.05. The number of nitrogens with zero attached hydrogens (tertiary/aromatic N) is 2. The van der Waals surface area contributed by atoms with E-state index in [1.54, 1.807) is 0 Å². The summed E-state index contributed by atoms with van der Waals surface area (Å²) < 4.78 is 0. The van der Waals surface area contributed by atoms with Gasteiger partial charge in [0.15, 0.2) is 0 Å². The molecule has 2 aliphatic rings. The zero-order chi connectivity index (χ0) is 33.9. The van der Waals surface area contributed by atoms with E-state index < -0.39 is 0 Å². The van der Waals surface area contributed by atoms with E-state index >= 15 is 0 Å². The Morgan fingerprint density at radius 2 is 0.760 bits per heavy atom. The van der Waals surface area contributed by atoms with Crippen LogP contribution in [0.25, 0.3) is 45.6 Å². The smallest absolute Gasteiger partial charge is 0.0802 e. The molecule has 0 bridgehead atoms. The number of rotatable bonds is 11. The maximum absolute atomic E-state index is 5.04. The van der Waals surface area contributed by atoms with Crippen molar-refractivity contribution in [1.29, 1.82) is 0 Å². The highest BCUT2D eigenvalue weighted by Gasteiger charge is 2.24. The van der Waals surface area contributed by atoms with Crippen LogP contribution in [0, 0.1) is 0 Å². The minimum Gasteiger partial charge on any atom is -0.154 e. The average molecular weight is 685 g/mol. The van der Waals surface area contributed by atoms with Crippen molar-refractivity contribution in [3.63, 3.8) is 0 Å². The summed E-state index contributed by atoms with van der Waals surface area (Å²) in [5.74, 6) is 0. The van der Waals surface area contributed by atoms with Crippen molar-refractivity contribution >= 4 is 57.4 Å². The first kappa shape index (κ1) is 32.3. The van der Waals surface area contributed by atoms with Crippen molar-refractivity contribution in [3.8, 4) is 22.3 Å². The predicted molar refractivity (Wildman–Crippen MR) is 218 cm³/mol. The second-order valence-electron chi connectivity index (χ2n) is 13.0.